The molecule has 0 unspecified atom stereocenters. The van der Waals surface area contributed by atoms with Crippen molar-refractivity contribution in [2.24, 2.45) is 0 Å². The average molecular weight is 486 g/mol. The van der Waals surface area contributed by atoms with Gasteiger partial charge >= 0.3 is 6.03 Å². The van der Waals surface area contributed by atoms with Gasteiger partial charge in [0.05, 0.1) is 16.5 Å². The molecule has 0 heterocycles. The van der Waals surface area contributed by atoms with Crippen LogP contribution in [-0.4, -0.2) is 14.4 Å². The van der Waals surface area contributed by atoms with Gasteiger partial charge in [0.15, 0.2) is 0 Å². The van der Waals surface area contributed by atoms with Crippen molar-refractivity contribution in [1.82, 2.24) is 4.83 Å². The zero-order valence-corrected chi connectivity index (χ0v) is 17.8. The van der Waals surface area contributed by atoms with Gasteiger partial charge in [-0.2, -0.15) is 5.26 Å². The number of carbonyl (C=O) groups excluding carboxylic acids is 1. The van der Waals surface area contributed by atoms with Crippen LogP contribution in [-0.2, 0) is 10.0 Å². The number of hydrogen-bond donors (Lipinski definition) is 4. The molecule has 0 fully saturated rings. The van der Waals surface area contributed by atoms with Crippen LogP contribution >= 0.6 is 15.9 Å². The van der Waals surface area contributed by atoms with Gasteiger partial charge in [-0.15, -0.1) is 4.83 Å². The molecule has 152 valence electrons. The van der Waals surface area contributed by atoms with Crippen molar-refractivity contribution in [3.05, 3.63) is 82.8 Å². The van der Waals surface area contributed by atoms with E-state index in [0.717, 1.165) is 4.47 Å². The second-order valence-corrected chi connectivity index (χ2v) is 8.63. The molecule has 0 aliphatic rings. The second-order valence-electron chi connectivity index (χ2n) is 6.03. The van der Waals surface area contributed by atoms with Gasteiger partial charge in [0.2, 0.25) is 0 Å². The fraction of sp³-hybridized carbons (Fsp3) is 0. The third-order valence-electron chi connectivity index (χ3n) is 3.87. The highest BCUT2D eigenvalue weighted by atomic mass is 79.9. The third kappa shape index (κ3) is 5.81. The van der Waals surface area contributed by atoms with Crippen molar-refractivity contribution < 1.29 is 13.2 Å². The molecule has 0 aromatic heterocycles. The number of nitrogens with zero attached hydrogens (tertiary/aromatic N) is 1. The number of nitriles is 1. The number of anilines is 3. The number of hydrogen-bond acceptors (Lipinski definition) is 5. The predicted octanol–water partition coefficient (Wildman–Crippen LogP) is 4.27. The molecule has 0 atom stereocenters. The Kier molecular flexibility index (Phi) is 6.68. The summed E-state index contributed by atoms with van der Waals surface area (Å²) in [5.74, 6) is 0. The summed E-state index contributed by atoms with van der Waals surface area (Å²) in [6.45, 7) is 0. The van der Waals surface area contributed by atoms with E-state index in [9.17, 15) is 13.2 Å². The molecule has 8 nitrogen and oxygen atoms in total. The summed E-state index contributed by atoms with van der Waals surface area (Å²) < 4.78 is 25.7. The lowest BCUT2D eigenvalue weighted by Gasteiger charge is -2.11. The highest BCUT2D eigenvalue weighted by Gasteiger charge is 2.14. The Balaban J connectivity index is 1.58. The number of urea groups is 1. The second kappa shape index (κ2) is 9.41. The zero-order valence-electron chi connectivity index (χ0n) is 15.4. The van der Waals surface area contributed by atoms with Gasteiger partial charge in [-0.25, -0.2) is 13.2 Å². The van der Waals surface area contributed by atoms with Crippen molar-refractivity contribution in [3.8, 4) is 6.07 Å². The standard InChI is InChI=1S/C20H16BrN5O3S/c21-15-3-7-18(8-4-15)25-26-30(28,29)19-11-9-17(10-12-19)24-20(27)23-16-5-1-14(13-22)2-6-16/h1-12,25-26H,(H2,23,24,27). The molecule has 0 radical (unpaired) electrons. The maximum absolute atomic E-state index is 12.4. The molecule has 0 bridgehead atoms. The highest BCUT2D eigenvalue weighted by molar-refractivity contribution is 9.10. The number of carbonyl (C=O) groups is 1. The van der Waals surface area contributed by atoms with Crippen LogP contribution in [0.5, 0.6) is 0 Å². The molecule has 0 saturated carbocycles. The molecule has 2 amide bonds. The van der Waals surface area contributed by atoms with Crippen molar-refractivity contribution in [2.75, 3.05) is 16.1 Å². The van der Waals surface area contributed by atoms with Crippen molar-refractivity contribution in [1.29, 1.82) is 5.26 Å². The summed E-state index contributed by atoms with van der Waals surface area (Å²) in [6.07, 6.45) is 0. The number of sulfonamides is 1. The first-order valence-electron chi connectivity index (χ1n) is 8.57. The van der Waals surface area contributed by atoms with Gasteiger partial charge in [-0.1, -0.05) is 15.9 Å². The zero-order chi connectivity index (χ0) is 21.6. The Morgan fingerprint density at radius 3 is 1.83 bits per heavy atom. The van der Waals surface area contributed by atoms with Crippen LogP contribution < -0.4 is 20.9 Å². The highest BCUT2D eigenvalue weighted by Crippen LogP contribution is 2.17. The number of rotatable bonds is 6. The maximum atomic E-state index is 12.4. The van der Waals surface area contributed by atoms with Gasteiger partial charge in [0.1, 0.15) is 0 Å². The summed E-state index contributed by atoms with van der Waals surface area (Å²) in [7, 11) is -3.80. The minimum atomic E-state index is -3.80. The Morgan fingerprint density at radius 1 is 0.800 bits per heavy atom. The average Bonchev–Trinajstić information content (AvgIpc) is 2.74. The smallest absolute Gasteiger partial charge is 0.308 e. The number of halogens is 1. The molecule has 3 rings (SSSR count). The van der Waals surface area contributed by atoms with E-state index in [-0.39, 0.29) is 4.90 Å². The minimum Gasteiger partial charge on any atom is -0.308 e. The first-order valence-corrected chi connectivity index (χ1v) is 10.8. The Bertz CT molecular complexity index is 1170. The summed E-state index contributed by atoms with van der Waals surface area (Å²) in [5, 5.41) is 14.0. The first-order chi connectivity index (χ1) is 14.4. The normalized spacial score (nSPS) is 10.7. The van der Waals surface area contributed by atoms with Gasteiger partial charge in [0.25, 0.3) is 10.0 Å². The number of benzene rings is 3. The third-order valence-corrected chi connectivity index (χ3v) is 5.66. The van der Waals surface area contributed by atoms with E-state index in [2.05, 4.69) is 36.8 Å². The van der Waals surface area contributed by atoms with E-state index in [1.807, 2.05) is 6.07 Å². The molecule has 0 saturated heterocycles. The monoisotopic (exact) mass is 485 g/mol. The summed E-state index contributed by atoms with van der Waals surface area (Å²) in [4.78, 5) is 14.4. The SMILES string of the molecule is N#Cc1ccc(NC(=O)Nc2ccc(S(=O)(=O)NNc3ccc(Br)cc3)cc2)cc1. The van der Waals surface area contributed by atoms with Gasteiger partial charge in [0, 0.05) is 21.5 Å². The van der Waals surface area contributed by atoms with Crippen LogP contribution in [0.2, 0.25) is 0 Å². The molecule has 10 heteroatoms. The lowest BCUT2D eigenvalue weighted by Crippen LogP contribution is -2.29. The summed E-state index contributed by atoms with van der Waals surface area (Å²) >= 11 is 3.31. The van der Waals surface area contributed by atoms with E-state index < -0.39 is 16.1 Å². The molecular weight excluding hydrogens is 470 g/mol. The summed E-state index contributed by atoms with van der Waals surface area (Å²) in [5.41, 5.74) is 4.64. The van der Waals surface area contributed by atoms with Crippen LogP contribution in [0.25, 0.3) is 0 Å². The lowest BCUT2D eigenvalue weighted by atomic mass is 10.2. The van der Waals surface area contributed by atoms with Gasteiger partial charge < -0.3 is 16.1 Å². The largest absolute Gasteiger partial charge is 0.323 e. The molecule has 4 N–H and O–H groups in total. The molecular formula is C20H16BrN5O3S. The van der Waals surface area contributed by atoms with E-state index in [1.54, 1.807) is 48.5 Å². The van der Waals surface area contributed by atoms with Crippen LogP contribution in [0.1, 0.15) is 5.56 Å². The molecule has 30 heavy (non-hydrogen) atoms. The summed E-state index contributed by atoms with van der Waals surface area (Å²) in [6, 6.07) is 20.6. The fourth-order valence-corrected chi connectivity index (χ4v) is 3.49. The molecule has 3 aromatic carbocycles. The van der Waals surface area contributed by atoms with E-state index in [1.165, 1.54) is 24.3 Å². The molecule has 0 aliphatic heterocycles. The van der Waals surface area contributed by atoms with Crippen molar-refractivity contribution >= 4 is 49.0 Å². The Labute approximate surface area is 182 Å². The van der Waals surface area contributed by atoms with E-state index >= 15 is 0 Å². The number of hydrazine groups is 1. The molecule has 0 spiro atoms. The van der Waals surface area contributed by atoms with Crippen LogP contribution in [0.4, 0.5) is 21.9 Å². The molecule has 0 aliphatic carbocycles. The van der Waals surface area contributed by atoms with Crippen LogP contribution in [0, 0.1) is 11.3 Å². The quantitative estimate of drug-likeness (QED) is 0.388. The van der Waals surface area contributed by atoms with Crippen molar-refractivity contribution in [3.63, 3.8) is 0 Å². The number of nitrogens with one attached hydrogen (secondary N) is 4. The molecule has 3 aromatic rings. The minimum absolute atomic E-state index is 0.0326. The van der Waals surface area contributed by atoms with E-state index in [0.29, 0.717) is 22.6 Å². The topological polar surface area (TPSA) is 123 Å². The predicted molar refractivity (Wildman–Crippen MR) is 118 cm³/mol. The van der Waals surface area contributed by atoms with Crippen LogP contribution in [0.15, 0.2) is 82.2 Å². The Morgan fingerprint density at radius 2 is 1.30 bits per heavy atom. The van der Waals surface area contributed by atoms with E-state index in [4.69, 9.17) is 5.26 Å². The van der Waals surface area contributed by atoms with Gasteiger partial charge in [-0.3, -0.25) is 0 Å². The van der Waals surface area contributed by atoms with Gasteiger partial charge in [-0.05, 0) is 72.8 Å². The maximum Gasteiger partial charge on any atom is 0.323 e. The van der Waals surface area contributed by atoms with Crippen LogP contribution in [0.3, 0.4) is 0 Å². The fourth-order valence-electron chi connectivity index (χ4n) is 2.36. The number of amides is 2. The lowest BCUT2D eigenvalue weighted by molar-refractivity contribution is 0.262. The first kappa shape index (κ1) is 21.3. The Hall–Kier alpha value is -3.39. The van der Waals surface area contributed by atoms with Crippen molar-refractivity contribution in [2.45, 2.75) is 4.90 Å².